The van der Waals surface area contributed by atoms with Crippen LogP contribution in [0.25, 0.3) is 27.7 Å². The number of para-hydroxylation sites is 2. The molecule has 0 fully saturated rings. The average molecular weight is 338 g/mol. The summed E-state index contributed by atoms with van der Waals surface area (Å²) in [5, 5.41) is 14.5. The molecule has 3 aromatic rings. The Kier molecular flexibility index (Phi) is 3.75. The molecule has 0 spiro atoms. The van der Waals surface area contributed by atoms with Gasteiger partial charge in [0.2, 0.25) is 0 Å². The SMILES string of the molecule is C#Cc1cccc(C(=O)O)c1-n1ncc2ccccc21.c1cc2cc-2c1. The van der Waals surface area contributed by atoms with E-state index >= 15 is 0 Å². The average Bonchev–Trinajstić information content (AvgIpc) is 3.07. The minimum Gasteiger partial charge on any atom is -0.478 e. The molecule has 1 N–H and O–H groups in total. The van der Waals surface area contributed by atoms with E-state index in [1.165, 1.54) is 17.2 Å². The topological polar surface area (TPSA) is 55.1 Å². The fraction of sp³-hybridized carbons (Fsp3) is 0. The number of benzene rings is 3. The standard InChI is InChI=1S/C16H10N2O2.C6H4/c1-2-11-7-5-8-13(16(19)20)15(11)18-14-9-4-3-6-12(14)10-17-18;1-2-5-4-6(5)3-1/h1,3-10H,(H,19,20);1-4H. The van der Waals surface area contributed by atoms with Crippen LogP contribution >= 0.6 is 0 Å². The lowest BCUT2D eigenvalue weighted by Gasteiger charge is -2.10. The van der Waals surface area contributed by atoms with Crippen molar-refractivity contribution in [2.75, 3.05) is 0 Å². The molecule has 0 saturated carbocycles. The molecule has 4 heteroatoms. The summed E-state index contributed by atoms with van der Waals surface area (Å²) >= 11 is 0. The van der Waals surface area contributed by atoms with Gasteiger partial charge in [-0.25, -0.2) is 9.48 Å². The van der Waals surface area contributed by atoms with E-state index in [-0.39, 0.29) is 5.56 Å². The molecular weight excluding hydrogens is 324 g/mol. The number of aromatic carboxylic acids is 1. The van der Waals surface area contributed by atoms with Crippen molar-refractivity contribution in [2.45, 2.75) is 0 Å². The Hall–Kier alpha value is -3.84. The van der Waals surface area contributed by atoms with E-state index in [1.54, 1.807) is 23.0 Å². The molecule has 1 aromatic heterocycles. The van der Waals surface area contributed by atoms with Crippen LogP contribution in [-0.2, 0) is 0 Å². The highest BCUT2D eigenvalue weighted by Gasteiger charge is 2.17. The Morgan fingerprint density at radius 2 is 1.73 bits per heavy atom. The molecule has 0 saturated heterocycles. The zero-order valence-corrected chi connectivity index (χ0v) is 13.8. The van der Waals surface area contributed by atoms with Crippen LogP contribution in [0.4, 0.5) is 0 Å². The van der Waals surface area contributed by atoms with E-state index in [1.807, 2.05) is 24.3 Å². The van der Waals surface area contributed by atoms with E-state index in [0.29, 0.717) is 11.3 Å². The number of carboxylic acid groups (broad SMARTS) is 1. The largest absolute Gasteiger partial charge is 0.478 e. The number of hydrogen-bond donors (Lipinski definition) is 1. The Balaban J connectivity index is 0.000000233. The van der Waals surface area contributed by atoms with Crippen molar-refractivity contribution in [3.05, 3.63) is 84.1 Å². The molecule has 5 rings (SSSR count). The highest BCUT2D eigenvalue weighted by molar-refractivity contribution is 5.94. The quantitative estimate of drug-likeness (QED) is 0.486. The van der Waals surface area contributed by atoms with Crippen LogP contribution < -0.4 is 0 Å². The van der Waals surface area contributed by atoms with E-state index in [2.05, 4.69) is 35.3 Å². The number of hydrogen-bond acceptors (Lipinski definition) is 2. The normalized spacial score (nSPS) is 10.6. The number of aromatic nitrogens is 2. The molecule has 0 bridgehead atoms. The van der Waals surface area contributed by atoms with Crippen molar-refractivity contribution >= 4 is 16.9 Å². The predicted octanol–water partition coefficient (Wildman–Crippen LogP) is 4.37. The summed E-state index contributed by atoms with van der Waals surface area (Å²) < 4.78 is 1.58. The van der Waals surface area contributed by atoms with Gasteiger partial charge in [0, 0.05) is 5.39 Å². The van der Waals surface area contributed by atoms with E-state index in [9.17, 15) is 9.90 Å². The summed E-state index contributed by atoms with van der Waals surface area (Å²) in [6.45, 7) is 0. The van der Waals surface area contributed by atoms with Gasteiger partial charge < -0.3 is 5.11 Å². The van der Waals surface area contributed by atoms with Crippen LogP contribution in [0.2, 0.25) is 0 Å². The zero-order valence-electron chi connectivity index (χ0n) is 13.8. The molecule has 0 amide bonds. The maximum absolute atomic E-state index is 11.4. The van der Waals surface area contributed by atoms with E-state index in [4.69, 9.17) is 6.42 Å². The molecule has 0 radical (unpaired) electrons. The molecule has 2 aromatic carbocycles. The summed E-state index contributed by atoms with van der Waals surface area (Å²) in [6.07, 6.45) is 7.17. The second-order valence-electron chi connectivity index (χ2n) is 5.85. The van der Waals surface area contributed by atoms with Gasteiger partial charge in [-0.05, 0) is 35.4 Å². The van der Waals surface area contributed by atoms with Gasteiger partial charge in [-0.1, -0.05) is 48.4 Å². The number of carbonyl (C=O) groups is 1. The van der Waals surface area contributed by atoms with Crippen molar-refractivity contribution in [3.63, 3.8) is 0 Å². The monoisotopic (exact) mass is 338 g/mol. The fourth-order valence-corrected chi connectivity index (χ4v) is 2.89. The molecule has 2 aliphatic rings. The number of carboxylic acids is 1. The third-order valence-corrected chi connectivity index (χ3v) is 4.22. The van der Waals surface area contributed by atoms with Crippen LogP contribution in [0.1, 0.15) is 15.9 Å². The number of rotatable bonds is 2. The van der Waals surface area contributed by atoms with Gasteiger partial charge in [-0.2, -0.15) is 5.10 Å². The Morgan fingerprint density at radius 1 is 1.00 bits per heavy atom. The van der Waals surface area contributed by atoms with Crippen LogP contribution in [0.15, 0.2) is 72.9 Å². The summed E-state index contributed by atoms with van der Waals surface area (Å²) in [5.74, 6) is 1.49. The molecule has 2 aliphatic carbocycles. The zero-order chi connectivity index (χ0) is 18.1. The van der Waals surface area contributed by atoms with Crippen LogP contribution in [-0.4, -0.2) is 20.9 Å². The summed E-state index contributed by atoms with van der Waals surface area (Å²) in [6, 6.07) is 20.9. The third-order valence-electron chi connectivity index (χ3n) is 4.22. The lowest BCUT2D eigenvalue weighted by Crippen LogP contribution is -2.08. The molecule has 4 nitrogen and oxygen atoms in total. The first-order valence-corrected chi connectivity index (χ1v) is 8.05. The van der Waals surface area contributed by atoms with E-state index in [0.717, 1.165) is 10.9 Å². The number of nitrogens with zero attached hydrogens (tertiary/aromatic N) is 2. The fourth-order valence-electron chi connectivity index (χ4n) is 2.89. The van der Waals surface area contributed by atoms with Crippen molar-refractivity contribution in [2.24, 2.45) is 0 Å². The van der Waals surface area contributed by atoms with Gasteiger partial charge in [-0.3, -0.25) is 0 Å². The van der Waals surface area contributed by atoms with Crippen molar-refractivity contribution < 1.29 is 9.90 Å². The van der Waals surface area contributed by atoms with Crippen LogP contribution in [0.5, 0.6) is 0 Å². The molecule has 0 atom stereocenters. The highest BCUT2D eigenvalue weighted by atomic mass is 16.4. The van der Waals surface area contributed by atoms with Gasteiger partial charge in [-0.15, -0.1) is 6.42 Å². The van der Waals surface area contributed by atoms with Gasteiger partial charge in [0.15, 0.2) is 0 Å². The minimum absolute atomic E-state index is 0.134. The van der Waals surface area contributed by atoms with Crippen molar-refractivity contribution in [1.82, 2.24) is 9.78 Å². The minimum atomic E-state index is -1.03. The van der Waals surface area contributed by atoms with Gasteiger partial charge in [0.1, 0.15) is 0 Å². The molecule has 1 heterocycles. The Morgan fingerprint density at radius 3 is 2.35 bits per heavy atom. The third kappa shape index (κ3) is 2.72. The first-order valence-electron chi connectivity index (χ1n) is 8.05. The Labute approximate surface area is 150 Å². The molecule has 26 heavy (non-hydrogen) atoms. The Bertz CT molecular complexity index is 1160. The maximum atomic E-state index is 11.4. The number of terminal acetylenes is 1. The van der Waals surface area contributed by atoms with Crippen LogP contribution in [0.3, 0.4) is 0 Å². The van der Waals surface area contributed by atoms with Crippen LogP contribution in [0, 0.1) is 12.3 Å². The highest BCUT2D eigenvalue weighted by Crippen LogP contribution is 2.32. The van der Waals surface area contributed by atoms with Gasteiger partial charge >= 0.3 is 5.97 Å². The van der Waals surface area contributed by atoms with Crippen molar-refractivity contribution in [3.8, 4) is 29.2 Å². The van der Waals surface area contributed by atoms with Gasteiger partial charge in [0.25, 0.3) is 0 Å². The lowest BCUT2D eigenvalue weighted by molar-refractivity contribution is 0.0696. The molecule has 0 aliphatic heterocycles. The second-order valence-corrected chi connectivity index (χ2v) is 5.85. The predicted molar refractivity (Wildman–Crippen MR) is 101 cm³/mol. The van der Waals surface area contributed by atoms with E-state index < -0.39 is 5.97 Å². The summed E-state index contributed by atoms with van der Waals surface area (Å²) in [7, 11) is 0. The molecule has 0 unspecified atom stereocenters. The molecular formula is C22H14N2O2. The first kappa shape index (κ1) is 15.7. The summed E-state index contributed by atoms with van der Waals surface area (Å²) in [4.78, 5) is 11.4. The first-order chi connectivity index (χ1) is 12.7. The second kappa shape index (κ2) is 6.23. The van der Waals surface area contributed by atoms with Gasteiger partial charge in [0.05, 0.1) is 28.5 Å². The molecule has 124 valence electrons. The summed E-state index contributed by atoms with van der Waals surface area (Å²) in [5.41, 5.74) is 4.72. The smallest absolute Gasteiger partial charge is 0.337 e. The van der Waals surface area contributed by atoms with Crippen molar-refractivity contribution in [1.29, 1.82) is 0 Å². The lowest BCUT2D eigenvalue weighted by atomic mass is 10.1. The number of fused-ring (bicyclic) bond motifs is 2. The maximum Gasteiger partial charge on any atom is 0.337 e.